The van der Waals surface area contributed by atoms with Gasteiger partial charge in [-0.1, -0.05) is 91.0 Å². The predicted molar refractivity (Wildman–Crippen MR) is 160 cm³/mol. The van der Waals surface area contributed by atoms with E-state index in [1.54, 1.807) is 0 Å². The van der Waals surface area contributed by atoms with Crippen molar-refractivity contribution in [3.05, 3.63) is 121 Å². The summed E-state index contributed by atoms with van der Waals surface area (Å²) >= 11 is 0. The molecule has 0 atom stereocenters. The Labute approximate surface area is 224 Å². The van der Waals surface area contributed by atoms with Crippen molar-refractivity contribution in [2.75, 3.05) is 46.3 Å². The molecule has 0 unspecified atom stereocenters. The van der Waals surface area contributed by atoms with E-state index in [0.29, 0.717) is 0 Å². The summed E-state index contributed by atoms with van der Waals surface area (Å²) in [7, 11) is 2.12. The summed E-state index contributed by atoms with van der Waals surface area (Å²) < 4.78 is 0. The van der Waals surface area contributed by atoms with Crippen LogP contribution in [0.4, 0.5) is 0 Å². The number of rotatable bonds is 10. The molecule has 37 heavy (non-hydrogen) atoms. The van der Waals surface area contributed by atoms with E-state index >= 15 is 0 Å². The van der Waals surface area contributed by atoms with Gasteiger partial charge in [-0.2, -0.15) is 0 Å². The molecule has 5 heteroatoms. The highest BCUT2D eigenvalue weighted by atomic mass is 15.3. The maximum absolute atomic E-state index is 5.16. The molecule has 1 aliphatic rings. The van der Waals surface area contributed by atoms with Crippen LogP contribution >= 0.6 is 0 Å². The van der Waals surface area contributed by atoms with Gasteiger partial charge in [0.2, 0.25) is 0 Å². The standard InChI is InChI=1S/C18H22N2.C12H19N3.C2H4/c1-3-7-17(8-4-1)15-19-11-13-20(14-12-19)16-18-9-5-2-6-10-18;1-15(9-5-8-14-11-13)10-12-6-3-2-4-7-12;1-2/h1-10H,11-16H2;2-4,6-7,11H,5,8-10H2,1H3,(H2,13,14);1-2H2. The Kier molecular flexibility index (Phi) is 15.3. The van der Waals surface area contributed by atoms with E-state index in [1.807, 2.05) is 6.07 Å². The third kappa shape index (κ3) is 13.0. The van der Waals surface area contributed by atoms with Crippen LogP contribution in [0.1, 0.15) is 23.1 Å². The smallest absolute Gasteiger partial charge is 0.0797 e. The van der Waals surface area contributed by atoms with Crippen LogP contribution in [0.25, 0.3) is 0 Å². The van der Waals surface area contributed by atoms with E-state index in [2.05, 4.69) is 125 Å². The molecule has 0 bridgehead atoms. The minimum absolute atomic E-state index is 0.815. The van der Waals surface area contributed by atoms with Crippen LogP contribution in [0, 0.1) is 0 Å². The van der Waals surface area contributed by atoms with Crippen molar-refractivity contribution >= 4 is 6.34 Å². The van der Waals surface area contributed by atoms with Crippen molar-refractivity contribution < 1.29 is 0 Å². The van der Waals surface area contributed by atoms with Gasteiger partial charge in [-0.05, 0) is 36.7 Å². The average Bonchev–Trinajstić information content (AvgIpc) is 2.95. The number of hydrogen-bond donors (Lipinski definition) is 1. The van der Waals surface area contributed by atoms with Gasteiger partial charge in [0.25, 0.3) is 0 Å². The van der Waals surface area contributed by atoms with Gasteiger partial charge < -0.3 is 10.6 Å². The molecular formula is C32H45N5. The Morgan fingerprint density at radius 2 is 1.14 bits per heavy atom. The fourth-order valence-corrected chi connectivity index (χ4v) is 4.27. The zero-order chi connectivity index (χ0) is 26.6. The van der Waals surface area contributed by atoms with E-state index in [9.17, 15) is 0 Å². The Bertz CT molecular complexity index is 905. The summed E-state index contributed by atoms with van der Waals surface area (Å²) in [6, 6.07) is 32.0. The van der Waals surface area contributed by atoms with Gasteiger partial charge in [-0.3, -0.25) is 14.8 Å². The first-order valence-corrected chi connectivity index (χ1v) is 13.2. The summed E-state index contributed by atoms with van der Waals surface area (Å²) in [5.74, 6) is 0. The van der Waals surface area contributed by atoms with Crippen molar-refractivity contribution in [3.8, 4) is 0 Å². The molecule has 3 aromatic carbocycles. The molecule has 0 spiro atoms. The number of benzene rings is 3. The lowest BCUT2D eigenvalue weighted by molar-refractivity contribution is 0.122. The molecule has 2 N–H and O–H groups in total. The number of nitrogens with zero attached hydrogens (tertiary/aromatic N) is 4. The van der Waals surface area contributed by atoms with Crippen molar-refractivity contribution in [3.63, 3.8) is 0 Å². The molecule has 198 valence electrons. The minimum Gasteiger partial charge on any atom is -0.390 e. The first-order valence-electron chi connectivity index (χ1n) is 13.2. The van der Waals surface area contributed by atoms with E-state index in [4.69, 9.17) is 5.73 Å². The zero-order valence-corrected chi connectivity index (χ0v) is 22.6. The lowest BCUT2D eigenvalue weighted by atomic mass is 10.1. The highest BCUT2D eigenvalue weighted by Crippen LogP contribution is 2.11. The summed E-state index contributed by atoms with van der Waals surface area (Å²) in [5, 5.41) is 0. The van der Waals surface area contributed by atoms with E-state index in [-0.39, 0.29) is 0 Å². The minimum atomic E-state index is 0.815. The van der Waals surface area contributed by atoms with Gasteiger partial charge in [0.05, 0.1) is 6.34 Å². The van der Waals surface area contributed by atoms with Crippen LogP contribution in [0.15, 0.2) is 109 Å². The van der Waals surface area contributed by atoms with Crippen molar-refractivity contribution in [2.24, 2.45) is 10.7 Å². The Morgan fingerprint density at radius 3 is 1.54 bits per heavy atom. The summed E-state index contributed by atoms with van der Waals surface area (Å²) in [6.07, 6.45) is 2.42. The fourth-order valence-electron chi connectivity index (χ4n) is 4.27. The summed E-state index contributed by atoms with van der Waals surface area (Å²) in [5.41, 5.74) is 9.35. The van der Waals surface area contributed by atoms with Crippen molar-refractivity contribution in [1.29, 1.82) is 0 Å². The second-order valence-corrected chi connectivity index (χ2v) is 9.16. The van der Waals surface area contributed by atoms with Gasteiger partial charge in [-0.25, -0.2) is 0 Å². The lowest BCUT2D eigenvalue weighted by Crippen LogP contribution is -2.45. The maximum atomic E-state index is 5.16. The van der Waals surface area contributed by atoms with Gasteiger partial charge in [0, 0.05) is 52.4 Å². The third-order valence-corrected chi connectivity index (χ3v) is 6.19. The molecule has 1 heterocycles. The van der Waals surface area contributed by atoms with Gasteiger partial charge in [0.1, 0.15) is 0 Å². The van der Waals surface area contributed by atoms with Crippen LogP contribution < -0.4 is 5.73 Å². The molecule has 5 nitrogen and oxygen atoms in total. The summed E-state index contributed by atoms with van der Waals surface area (Å²) in [6.45, 7) is 15.7. The molecule has 4 rings (SSSR count). The quantitative estimate of drug-likeness (QED) is 0.178. The number of aliphatic imine (C=N–C) groups is 1. The van der Waals surface area contributed by atoms with E-state index in [0.717, 1.165) is 39.1 Å². The second kappa shape index (κ2) is 18.9. The molecule has 0 aromatic heterocycles. The maximum Gasteiger partial charge on any atom is 0.0797 e. The van der Waals surface area contributed by atoms with Crippen LogP contribution in [0.3, 0.4) is 0 Å². The lowest BCUT2D eigenvalue weighted by Gasteiger charge is -2.34. The SMILES string of the molecule is C=C.CN(CCCN=CN)Cc1ccccc1.c1ccc(CN2CCN(Cc3ccccc3)CC2)cc1. The average molecular weight is 500 g/mol. The third-order valence-electron chi connectivity index (χ3n) is 6.19. The monoisotopic (exact) mass is 499 g/mol. The van der Waals surface area contributed by atoms with Crippen molar-refractivity contribution in [1.82, 2.24) is 14.7 Å². The van der Waals surface area contributed by atoms with E-state index < -0.39 is 0 Å². The second-order valence-electron chi connectivity index (χ2n) is 9.16. The number of piperazine rings is 1. The Morgan fingerprint density at radius 1 is 0.730 bits per heavy atom. The first kappa shape index (κ1) is 30.0. The predicted octanol–water partition coefficient (Wildman–Crippen LogP) is 5.30. The largest absolute Gasteiger partial charge is 0.390 e. The molecule has 0 saturated carbocycles. The molecule has 1 fully saturated rings. The summed E-state index contributed by atoms with van der Waals surface area (Å²) in [4.78, 5) is 11.4. The fraction of sp³-hybridized carbons (Fsp3) is 0.344. The van der Waals surface area contributed by atoms with E-state index in [1.165, 1.54) is 49.2 Å². The zero-order valence-electron chi connectivity index (χ0n) is 22.6. The highest BCUT2D eigenvalue weighted by Gasteiger charge is 2.16. The van der Waals surface area contributed by atoms with Crippen molar-refractivity contribution in [2.45, 2.75) is 26.1 Å². The topological polar surface area (TPSA) is 48.1 Å². The van der Waals surface area contributed by atoms with Gasteiger partial charge >= 0.3 is 0 Å². The molecule has 0 radical (unpaired) electrons. The number of nitrogens with two attached hydrogens (primary N) is 1. The normalized spacial score (nSPS) is 14.0. The first-order chi connectivity index (χ1) is 18.2. The molecular weight excluding hydrogens is 454 g/mol. The molecule has 3 aromatic rings. The molecule has 0 amide bonds. The Hall–Kier alpha value is -3.25. The van der Waals surface area contributed by atoms with Crippen LogP contribution in [-0.4, -0.2) is 67.4 Å². The molecule has 1 aliphatic heterocycles. The molecule has 0 aliphatic carbocycles. The number of hydrogen-bond acceptors (Lipinski definition) is 4. The van der Waals surface area contributed by atoms with Crippen LogP contribution in [-0.2, 0) is 19.6 Å². The Balaban J connectivity index is 0.000000254. The van der Waals surface area contributed by atoms with Crippen LogP contribution in [0.5, 0.6) is 0 Å². The highest BCUT2D eigenvalue weighted by molar-refractivity contribution is 5.50. The molecule has 1 saturated heterocycles. The van der Waals surface area contributed by atoms with Crippen LogP contribution in [0.2, 0.25) is 0 Å². The van der Waals surface area contributed by atoms with Gasteiger partial charge in [-0.15, -0.1) is 13.2 Å². The van der Waals surface area contributed by atoms with Gasteiger partial charge in [0.15, 0.2) is 0 Å².